The first-order chi connectivity index (χ1) is 4.86. The molecule has 2 heterocycles. The Balaban J connectivity index is 2.41. The zero-order valence-electron chi connectivity index (χ0n) is 5.96. The lowest BCUT2D eigenvalue weighted by Gasteiger charge is -2.12. The van der Waals surface area contributed by atoms with E-state index in [1.54, 1.807) is 0 Å². The van der Waals surface area contributed by atoms with Gasteiger partial charge >= 0.3 is 0 Å². The summed E-state index contributed by atoms with van der Waals surface area (Å²) in [6.07, 6.45) is 1.00. The first kappa shape index (κ1) is 5.85. The van der Waals surface area contributed by atoms with Crippen LogP contribution < -0.4 is 5.32 Å². The lowest BCUT2D eigenvalue weighted by Crippen LogP contribution is -2.29. The molecule has 1 N–H and O–H groups in total. The van der Waals surface area contributed by atoms with Gasteiger partial charge < -0.3 is 0 Å². The van der Waals surface area contributed by atoms with Crippen LogP contribution in [0.3, 0.4) is 0 Å². The number of aromatic nitrogens is 3. The van der Waals surface area contributed by atoms with Gasteiger partial charge in [-0.2, -0.15) is 5.10 Å². The van der Waals surface area contributed by atoms with Crippen molar-refractivity contribution in [3.05, 3.63) is 11.6 Å². The summed E-state index contributed by atoms with van der Waals surface area (Å²) in [7, 11) is 0. The van der Waals surface area contributed by atoms with Crippen molar-refractivity contribution in [2.75, 3.05) is 6.54 Å². The minimum absolute atomic E-state index is 0.816. The Kier molecular flexibility index (Phi) is 1.20. The fourth-order valence-corrected chi connectivity index (χ4v) is 1.20. The second-order valence-electron chi connectivity index (χ2n) is 2.48. The van der Waals surface area contributed by atoms with E-state index in [1.807, 2.05) is 11.6 Å². The maximum absolute atomic E-state index is 4.26. The molecule has 0 radical (unpaired) electrons. The predicted molar refractivity (Wildman–Crippen MR) is 36.5 cm³/mol. The Hall–Kier alpha value is -0.900. The van der Waals surface area contributed by atoms with Gasteiger partial charge in [0.1, 0.15) is 11.6 Å². The Labute approximate surface area is 59.3 Å². The molecule has 0 unspecified atom stereocenters. The second kappa shape index (κ2) is 2.05. The number of aryl methyl sites for hydroxylation is 1. The monoisotopic (exact) mass is 138 g/mol. The number of nitrogens with one attached hydrogen (secondary N) is 1. The molecule has 4 heteroatoms. The van der Waals surface area contributed by atoms with Crippen molar-refractivity contribution in [2.45, 2.75) is 20.0 Å². The van der Waals surface area contributed by atoms with Crippen LogP contribution in [0.1, 0.15) is 11.6 Å². The number of fused-ring (bicyclic) bond motifs is 1. The van der Waals surface area contributed by atoms with Crippen LogP contribution in [0, 0.1) is 6.92 Å². The van der Waals surface area contributed by atoms with Gasteiger partial charge in [0, 0.05) is 13.0 Å². The van der Waals surface area contributed by atoms with Gasteiger partial charge in [-0.25, -0.2) is 9.67 Å². The van der Waals surface area contributed by atoms with Crippen LogP contribution >= 0.6 is 0 Å². The molecular weight excluding hydrogens is 128 g/mol. The summed E-state index contributed by atoms with van der Waals surface area (Å²) >= 11 is 0. The number of hydrogen-bond acceptors (Lipinski definition) is 3. The molecule has 1 aliphatic heterocycles. The Morgan fingerprint density at radius 3 is 3.30 bits per heavy atom. The van der Waals surface area contributed by atoms with Crippen LogP contribution in [0.5, 0.6) is 0 Å². The van der Waals surface area contributed by atoms with Gasteiger partial charge in [0.15, 0.2) is 0 Å². The third-order valence-electron chi connectivity index (χ3n) is 1.64. The molecule has 1 aliphatic rings. The van der Waals surface area contributed by atoms with E-state index >= 15 is 0 Å². The smallest absolute Gasteiger partial charge is 0.147 e. The van der Waals surface area contributed by atoms with Crippen LogP contribution in [0.4, 0.5) is 0 Å². The standard InChI is InChI=1S/C6H10N4/c1-5-8-6-2-3-7-4-10(6)9-5/h7H,2-4H2,1H3. The van der Waals surface area contributed by atoms with Gasteiger partial charge in [-0.15, -0.1) is 0 Å². The molecular formula is C6H10N4. The summed E-state index contributed by atoms with van der Waals surface area (Å²) in [5, 5.41) is 7.41. The highest BCUT2D eigenvalue weighted by atomic mass is 15.4. The van der Waals surface area contributed by atoms with E-state index in [0.29, 0.717) is 0 Å². The fourth-order valence-electron chi connectivity index (χ4n) is 1.20. The van der Waals surface area contributed by atoms with E-state index in [4.69, 9.17) is 0 Å². The predicted octanol–water partition coefficient (Wildman–Crippen LogP) is -0.310. The van der Waals surface area contributed by atoms with Crippen molar-refractivity contribution < 1.29 is 0 Å². The summed E-state index contributed by atoms with van der Waals surface area (Å²) in [6.45, 7) is 3.76. The van der Waals surface area contributed by atoms with Crippen LogP contribution in [-0.4, -0.2) is 21.3 Å². The molecule has 2 rings (SSSR count). The minimum atomic E-state index is 0.816. The lowest BCUT2D eigenvalue weighted by atomic mass is 10.4. The SMILES string of the molecule is Cc1nc2n(n1)CNCC2. The summed E-state index contributed by atoms with van der Waals surface area (Å²) in [5.74, 6) is 1.98. The molecule has 1 aromatic rings. The fraction of sp³-hybridized carbons (Fsp3) is 0.667. The molecule has 10 heavy (non-hydrogen) atoms. The molecule has 4 nitrogen and oxygen atoms in total. The molecule has 0 aromatic carbocycles. The van der Waals surface area contributed by atoms with Crippen molar-refractivity contribution in [2.24, 2.45) is 0 Å². The van der Waals surface area contributed by atoms with Gasteiger partial charge in [-0.05, 0) is 6.92 Å². The first-order valence-electron chi connectivity index (χ1n) is 3.47. The van der Waals surface area contributed by atoms with Crippen molar-refractivity contribution in [1.82, 2.24) is 20.1 Å². The van der Waals surface area contributed by atoms with E-state index in [0.717, 1.165) is 31.3 Å². The molecule has 1 aromatic heterocycles. The number of nitrogens with zero attached hydrogens (tertiary/aromatic N) is 3. The van der Waals surface area contributed by atoms with E-state index in [1.165, 1.54) is 0 Å². The topological polar surface area (TPSA) is 42.7 Å². The van der Waals surface area contributed by atoms with Gasteiger partial charge in [0.25, 0.3) is 0 Å². The molecule has 0 bridgehead atoms. The molecule has 0 saturated heterocycles. The molecule has 54 valence electrons. The largest absolute Gasteiger partial charge is 0.298 e. The zero-order chi connectivity index (χ0) is 6.97. The van der Waals surface area contributed by atoms with E-state index < -0.39 is 0 Å². The Bertz CT molecular complexity index is 216. The second-order valence-corrected chi connectivity index (χ2v) is 2.48. The zero-order valence-corrected chi connectivity index (χ0v) is 5.96. The third-order valence-corrected chi connectivity index (χ3v) is 1.64. The summed E-state index contributed by atoms with van der Waals surface area (Å²) in [5.41, 5.74) is 0. The van der Waals surface area contributed by atoms with Gasteiger partial charge in [0.05, 0.1) is 6.67 Å². The molecule has 0 spiro atoms. The van der Waals surface area contributed by atoms with Crippen molar-refractivity contribution in [1.29, 1.82) is 0 Å². The maximum atomic E-state index is 4.26. The Morgan fingerprint density at radius 2 is 2.50 bits per heavy atom. The summed E-state index contributed by atoms with van der Waals surface area (Å²) in [6, 6.07) is 0. The minimum Gasteiger partial charge on any atom is -0.298 e. The maximum Gasteiger partial charge on any atom is 0.147 e. The summed E-state index contributed by atoms with van der Waals surface area (Å²) < 4.78 is 1.92. The molecule has 0 amide bonds. The number of hydrogen-bond donors (Lipinski definition) is 1. The lowest BCUT2D eigenvalue weighted by molar-refractivity contribution is 0.447. The third kappa shape index (κ3) is 0.806. The van der Waals surface area contributed by atoms with Gasteiger partial charge in [-0.3, -0.25) is 5.32 Å². The average molecular weight is 138 g/mol. The highest BCUT2D eigenvalue weighted by Gasteiger charge is 2.09. The van der Waals surface area contributed by atoms with Crippen molar-refractivity contribution >= 4 is 0 Å². The molecule has 0 fully saturated rings. The average Bonchev–Trinajstić information content (AvgIpc) is 2.27. The quantitative estimate of drug-likeness (QED) is 0.534. The highest BCUT2D eigenvalue weighted by molar-refractivity contribution is 4.93. The van der Waals surface area contributed by atoms with Gasteiger partial charge in [-0.1, -0.05) is 0 Å². The van der Waals surface area contributed by atoms with Gasteiger partial charge in [0.2, 0.25) is 0 Å². The number of rotatable bonds is 0. The Morgan fingerprint density at radius 1 is 1.60 bits per heavy atom. The van der Waals surface area contributed by atoms with Crippen LogP contribution in [0.15, 0.2) is 0 Å². The van der Waals surface area contributed by atoms with E-state index in [9.17, 15) is 0 Å². The van der Waals surface area contributed by atoms with E-state index in [2.05, 4.69) is 15.4 Å². The first-order valence-corrected chi connectivity index (χ1v) is 3.47. The molecule has 0 aliphatic carbocycles. The van der Waals surface area contributed by atoms with Crippen LogP contribution in [0.2, 0.25) is 0 Å². The normalized spacial score (nSPS) is 16.9. The van der Waals surface area contributed by atoms with Crippen LogP contribution in [0.25, 0.3) is 0 Å². The van der Waals surface area contributed by atoms with E-state index in [-0.39, 0.29) is 0 Å². The van der Waals surface area contributed by atoms with Crippen molar-refractivity contribution in [3.63, 3.8) is 0 Å². The molecule has 0 saturated carbocycles. The molecule has 0 atom stereocenters. The summed E-state index contributed by atoms with van der Waals surface area (Å²) in [4.78, 5) is 4.26. The van der Waals surface area contributed by atoms with Crippen LogP contribution in [-0.2, 0) is 13.1 Å². The highest BCUT2D eigenvalue weighted by Crippen LogP contribution is 2.00. The van der Waals surface area contributed by atoms with Crippen molar-refractivity contribution in [3.8, 4) is 0 Å².